The lowest BCUT2D eigenvalue weighted by Gasteiger charge is -2.21. The number of aromatic nitrogens is 1. The normalized spacial score (nSPS) is 14.6. The number of rotatable bonds is 6. The fourth-order valence-electron chi connectivity index (χ4n) is 5.52. The number of hydrogen-bond donors (Lipinski definition) is 1. The van der Waals surface area contributed by atoms with Crippen molar-refractivity contribution in [3.05, 3.63) is 71.3 Å². The fraction of sp³-hybridized carbons (Fsp3) is 0.281. The molecule has 1 fully saturated rings. The molecular weight excluding hydrogens is 536 g/mol. The van der Waals surface area contributed by atoms with Crippen LogP contribution in [-0.4, -0.2) is 69.4 Å². The second-order valence-corrected chi connectivity index (χ2v) is 10.2. The predicted molar refractivity (Wildman–Crippen MR) is 159 cm³/mol. The molecule has 3 heterocycles. The zero-order valence-electron chi connectivity index (χ0n) is 24.0. The van der Waals surface area contributed by atoms with Crippen molar-refractivity contribution >= 4 is 28.5 Å². The van der Waals surface area contributed by atoms with Gasteiger partial charge < -0.3 is 29.2 Å². The van der Waals surface area contributed by atoms with Gasteiger partial charge in [-0.3, -0.25) is 9.69 Å². The molecule has 1 saturated heterocycles. The molecule has 42 heavy (non-hydrogen) atoms. The van der Waals surface area contributed by atoms with Gasteiger partial charge in [0.25, 0.3) is 5.91 Å². The lowest BCUT2D eigenvalue weighted by Crippen LogP contribution is -2.33. The molecule has 0 spiro atoms. The van der Waals surface area contributed by atoms with Crippen molar-refractivity contribution < 1.29 is 28.5 Å². The van der Waals surface area contributed by atoms with E-state index in [0.29, 0.717) is 67.0 Å². The molecule has 3 amide bonds. The van der Waals surface area contributed by atoms with E-state index in [2.05, 4.69) is 5.32 Å². The number of pyridine rings is 1. The van der Waals surface area contributed by atoms with E-state index >= 15 is 0 Å². The second-order valence-electron chi connectivity index (χ2n) is 10.2. The minimum absolute atomic E-state index is 0.143. The van der Waals surface area contributed by atoms with Crippen LogP contribution in [0.2, 0.25) is 0 Å². The van der Waals surface area contributed by atoms with Crippen LogP contribution >= 0.6 is 0 Å². The Hall–Kier alpha value is -4.99. The highest BCUT2D eigenvalue weighted by Gasteiger charge is 2.27. The number of aryl methyl sites for hydroxylation is 1. The molecule has 6 rings (SSSR count). The Balaban J connectivity index is 1.36. The Morgan fingerprint density at radius 1 is 0.976 bits per heavy atom. The summed E-state index contributed by atoms with van der Waals surface area (Å²) in [7, 11) is 4.84. The molecule has 10 heteroatoms. The summed E-state index contributed by atoms with van der Waals surface area (Å²) in [5, 5.41) is 3.73. The summed E-state index contributed by atoms with van der Waals surface area (Å²) in [5.41, 5.74) is 5.32. The summed E-state index contributed by atoms with van der Waals surface area (Å²) >= 11 is 0. The minimum Gasteiger partial charge on any atom is -0.497 e. The van der Waals surface area contributed by atoms with Crippen molar-refractivity contribution in [2.24, 2.45) is 0 Å². The molecule has 216 valence electrons. The number of anilines is 1. The zero-order valence-corrected chi connectivity index (χ0v) is 24.0. The number of fused-ring (bicyclic) bond motifs is 2. The topological polar surface area (TPSA) is 102 Å². The quantitative estimate of drug-likeness (QED) is 0.357. The highest BCUT2D eigenvalue weighted by atomic mass is 16.5. The number of amides is 3. The number of carbonyl (C=O) groups excluding carboxylic acids is 2. The van der Waals surface area contributed by atoms with Crippen molar-refractivity contribution in [3.63, 3.8) is 0 Å². The molecule has 0 radical (unpaired) electrons. The van der Waals surface area contributed by atoms with Gasteiger partial charge in [0.1, 0.15) is 23.6 Å². The molecule has 2 aliphatic heterocycles. The van der Waals surface area contributed by atoms with Gasteiger partial charge in [0.2, 0.25) is 0 Å². The van der Waals surface area contributed by atoms with Crippen LogP contribution in [0.1, 0.15) is 21.5 Å². The number of methoxy groups -OCH3 is 3. The highest BCUT2D eigenvalue weighted by Crippen LogP contribution is 2.40. The predicted octanol–water partition coefficient (Wildman–Crippen LogP) is 4.80. The number of urea groups is 1. The third kappa shape index (κ3) is 4.89. The molecular formula is C32H32N4O6. The molecule has 0 bridgehead atoms. The van der Waals surface area contributed by atoms with Crippen LogP contribution < -0.4 is 29.2 Å². The fourth-order valence-corrected chi connectivity index (χ4v) is 5.52. The number of carbonyl (C=O) groups is 2. The van der Waals surface area contributed by atoms with Crippen molar-refractivity contribution in [3.8, 4) is 34.3 Å². The molecule has 1 N–H and O–H groups in total. The Bertz CT molecular complexity index is 1700. The van der Waals surface area contributed by atoms with Crippen molar-refractivity contribution in [1.82, 2.24) is 15.2 Å². The standard InChI is InChI=1S/C32H32N4O6/c1-19-12-26(34-29-25(19)16-24(39-2)17-27(29)40-3)21-13-22-18-35(10-11-42-30(22)28(15-21)41-4)31(37)20-6-5-7-23(14-20)36-9-8-33-32(36)38/h5-7,12-17H,8-11,18H2,1-4H3,(H,33,38). The largest absolute Gasteiger partial charge is 0.497 e. The van der Waals surface area contributed by atoms with Gasteiger partial charge in [0.15, 0.2) is 11.5 Å². The van der Waals surface area contributed by atoms with Crippen LogP contribution in [0.15, 0.2) is 54.6 Å². The maximum absolute atomic E-state index is 13.7. The maximum Gasteiger partial charge on any atom is 0.321 e. The molecule has 2 aliphatic rings. The van der Waals surface area contributed by atoms with Gasteiger partial charge >= 0.3 is 6.03 Å². The highest BCUT2D eigenvalue weighted by molar-refractivity contribution is 5.98. The van der Waals surface area contributed by atoms with E-state index in [4.69, 9.17) is 23.9 Å². The molecule has 10 nitrogen and oxygen atoms in total. The van der Waals surface area contributed by atoms with E-state index in [1.54, 1.807) is 49.3 Å². The van der Waals surface area contributed by atoms with Gasteiger partial charge in [0, 0.05) is 53.5 Å². The summed E-state index contributed by atoms with van der Waals surface area (Å²) in [6.45, 7) is 4.19. The molecule has 1 aromatic heterocycles. The van der Waals surface area contributed by atoms with Crippen LogP contribution in [0.3, 0.4) is 0 Å². The first kappa shape index (κ1) is 27.2. The van der Waals surface area contributed by atoms with E-state index < -0.39 is 0 Å². The third-order valence-electron chi connectivity index (χ3n) is 7.68. The van der Waals surface area contributed by atoms with Crippen LogP contribution in [-0.2, 0) is 6.54 Å². The number of nitrogens with one attached hydrogen (secondary N) is 1. The van der Waals surface area contributed by atoms with Crippen LogP contribution in [0, 0.1) is 6.92 Å². The molecule has 0 atom stereocenters. The van der Waals surface area contributed by atoms with E-state index in [9.17, 15) is 9.59 Å². The third-order valence-corrected chi connectivity index (χ3v) is 7.68. The smallest absolute Gasteiger partial charge is 0.321 e. The molecule has 4 aromatic rings. The Morgan fingerprint density at radius 3 is 2.55 bits per heavy atom. The zero-order chi connectivity index (χ0) is 29.4. The van der Waals surface area contributed by atoms with Crippen LogP contribution in [0.5, 0.6) is 23.0 Å². The lowest BCUT2D eigenvalue weighted by molar-refractivity contribution is 0.0733. The number of hydrogen-bond acceptors (Lipinski definition) is 7. The van der Waals surface area contributed by atoms with Crippen molar-refractivity contribution in [1.29, 1.82) is 0 Å². The maximum atomic E-state index is 13.7. The van der Waals surface area contributed by atoms with Gasteiger partial charge in [-0.1, -0.05) is 6.07 Å². The number of ether oxygens (including phenoxy) is 4. The Morgan fingerprint density at radius 2 is 1.81 bits per heavy atom. The summed E-state index contributed by atoms with van der Waals surface area (Å²) < 4.78 is 23.0. The summed E-state index contributed by atoms with van der Waals surface area (Å²) in [5.74, 6) is 2.35. The number of nitrogens with zero attached hydrogens (tertiary/aromatic N) is 3. The van der Waals surface area contributed by atoms with Gasteiger partial charge in [-0.05, 0) is 55.0 Å². The Labute approximate surface area is 243 Å². The summed E-state index contributed by atoms with van der Waals surface area (Å²) in [6, 6.07) is 16.7. The SMILES string of the molecule is COc1cc(OC)c2nc(-c3cc4c(c(OC)c3)OCCN(C(=O)c3cccc(N5CCNC5=O)c3)C4)cc(C)c2c1. The van der Waals surface area contributed by atoms with Gasteiger partial charge in [0.05, 0.1) is 33.6 Å². The molecule has 0 saturated carbocycles. The van der Waals surface area contributed by atoms with E-state index in [0.717, 1.165) is 33.3 Å². The summed E-state index contributed by atoms with van der Waals surface area (Å²) in [6.07, 6.45) is 0. The van der Waals surface area contributed by atoms with Gasteiger partial charge in [-0.25, -0.2) is 9.78 Å². The van der Waals surface area contributed by atoms with Crippen LogP contribution in [0.25, 0.3) is 22.2 Å². The van der Waals surface area contributed by atoms with Gasteiger partial charge in [-0.2, -0.15) is 0 Å². The monoisotopic (exact) mass is 568 g/mol. The first-order valence-electron chi connectivity index (χ1n) is 13.7. The molecule has 0 unspecified atom stereocenters. The minimum atomic E-state index is -0.161. The lowest BCUT2D eigenvalue weighted by atomic mass is 10.0. The van der Waals surface area contributed by atoms with E-state index in [1.807, 2.05) is 43.3 Å². The summed E-state index contributed by atoms with van der Waals surface area (Å²) in [4.78, 5) is 34.3. The first-order valence-corrected chi connectivity index (χ1v) is 13.7. The van der Waals surface area contributed by atoms with Crippen LogP contribution in [0.4, 0.5) is 10.5 Å². The van der Waals surface area contributed by atoms with Crippen molar-refractivity contribution in [2.75, 3.05) is 52.5 Å². The Kier molecular flexibility index (Phi) is 7.20. The number of benzene rings is 3. The van der Waals surface area contributed by atoms with E-state index in [1.165, 1.54) is 0 Å². The molecule has 3 aromatic carbocycles. The van der Waals surface area contributed by atoms with Crippen molar-refractivity contribution in [2.45, 2.75) is 13.5 Å². The molecule has 0 aliphatic carbocycles. The second kappa shape index (κ2) is 11.1. The average Bonchev–Trinajstić information content (AvgIpc) is 3.33. The average molecular weight is 569 g/mol. The van der Waals surface area contributed by atoms with E-state index in [-0.39, 0.29) is 11.9 Å². The first-order chi connectivity index (χ1) is 20.4. The van der Waals surface area contributed by atoms with Gasteiger partial charge in [-0.15, -0.1) is 0 Å².